The van der Waals surface area contributed by atoms with Gasteiger partial charge in [-0.25, -0.2) is 9.97 Å². The Hall–Kier alpha value is -3.21. The van der Waals surface area contributed by atoms with Gasteiger partial charge in [-0.05, 0) is 52.0 Å². The monoisotopic (exact) mass is 446 g/mol. The number of hydrogen-bond acceptors (Lipinski definition) is 10. The van der Waals surface area contributed by atoms with E-state index in [1.54, 1.807) is 24.0 Å². The average Bonchev–Trinajstić information content (AvgIpc) is 3.29. The molecular weight excluding hydrogens is 416 g/mol. The van der Waals surface area contributed by atoms with Crippen molar-refractivity contribution in [2.24, 2.45) is 0 Å². The third kappa shape index (κ3) is 5.72. The molecule has 1 aliphatic heterocycles. The fourth-order valence-corrected chi connectivity index (χ4v) is 3.88. The molecule has 0 bridgehead atoms. The molecule has 0 N–H and O–H groups in total. The molecule has 0 atom stereocenters. The summed E-state index contributed by atoms with van der Waals surface area (Å²) in [4.78, 5) is 38.0. The number of nitrogens with zero attached hydrogens (tertiary/aromatic N) is 6. The lowest BCUT2D eigenvalue weighted by Crippen LogP contribution is -2.42. The van der Waals surface area contributed by atoms with Gasteiger partial charge in [-0.15, -0.1) is 0 Å². The highest BCUT2D eigenvalue weighted by Crippen LogP contribution is 2.36. The highest BCUT2D eigenvalue weighted by molar-refractivity contribution is 5.73. The first-order valence-electron chi connectivity index (χ1n) is 10.7. The second kappa shape index (κ2) is 10.9. The van der Waals surface area contributed by atoms with Crippen molar-refractivity contribution in [1.82, 2.24) is 14.9 Å². The number of ether oxygens (including phenoxy) is 1. The molecule has 0 radical (unpaired) electrons. The summed E-state index contributed by atoms with van der Waals surface area (Å²) in [7, 11) is 3.90. The number of nitro groups is 1. The van der Waals surface area contributed by atoms with Crippen LogP contribution in [0.2, 0.25) is 0 Å². The molecule has 0 spiro atoms. The number of esters is 1. The molecule has 1 aliphatic rings. The Morgan fingerprint density at radius 3 is 2.69 bits per heavy atom. The number of furan rings is 1. The van der Waals surface area contributed by atoms with E-state index in [1.807, 2.05) is 11.9 Å². The summed E-state index contributed by atoms with van der Waals surface area (Å²) in [6, 6.07) is 3.66. The zero-order chi connectivity index (χ0) is 23.1. The van der Waals surface area contributed by atoms with Crippen molar-refractivity contribution in [2.45, 2.75) is 38.8 Å². The van der Waals surface area contributed by atoms with Gasteiger partial charge < -0.3 is 23.9 Å². The Labute approximate surface area is 187 Å². The Kier molecular flexibility index (Phi) is 7.98. The van der Waals surface area contributed by atoms with E-state index in [4.69, 9.17) is 9.15 Å². The molecule has 0 unspecified atom stereocenters. The molecule has 3 rings (SSSR count). The molecule has 3 heterocycles. The van der Waals surface area contributed by atoms with Crippen LogP contribution in [0.1, 0.15) is 31.9 Å². The summed E-state index contributed by atoms with van der Waals surface area (Å²) in [5.74, 6) is 0.653. The summed E-state index contributed by atoms with van der Waals surface area (Å²) < 4.78 is 10.5. The average molecular weight is 447 g/mol. The molecule has 2 aromatic rings. The van der Waals surface area contributed by atoms with E-state index in [0.717, 1.165) is 25.9 Å². The van der Waals surface area contributed by atoms with Gasteiger partial charge in [0, 0.05) is 19.6 Å². The van der Waals surface area contributed by atoms with E-state index >= 15 is 0 Å². The first-order chi connectivity index (χ1) is 15.4. The normalized spacial score (nSPS) is 14.8. The van der Waals surface area contributed by atoms with Gasteiger partial charge in [-0.3, -0.25) is 14.9 Å². The zero-order valence-electron chi connectivity index (χ0n) is 18.8. The lowest BCUT2D eigenvalue weighted by atomic mass is 10.0. The molecule has 32 heavy (non-hydrogen) atoms. The van der Waals surface area contributed by atoms with Crippen molar-refractivity contribution in [3.63, 3.8) is 0 Å². The highest BCUT2D eigenvalue weighted by atomic mass is 16.6. The van der Waals surface area contributed by atoms with Crippen LogP contribution in [0, 0.1) is 10.1 Å². The van der Waals surface area contributed by atoms with Gasteiger partial charge in [0.25, 0.3) is 0 Å². The van der Waals surface area contributed by atoms with E-state index < -0.39 is 4.92 Å². The molecule has 2 aromatic heterocycles. The molecule has 0 aliphatic carbocycles. The first-order valence-corrected chi connectivity index (χ1v) is 10.7. The number of hydrogen-bond donors (Lipinski definition) is 0. The number of likely N-dealkylation sites (tertiary alicyclic amines) is 1. The van der Waals surface area contributed by atoms with Crippen LogP contribution in [-0.2, 0) is 16.1 Å². The summed E-state index contributed by atoms with van der Waals surface area (Å²) in [6.45, 7) is 4.27. The SMILES string of the molecule is CCOC(=O)CCN(Cc1ccco1)c1ncnc(N(C)C2CCN(C)CC2)c1[N+](=O)[O-]. The fourth-order valence-electron chi connectivity index (χ4n) is 3.88. The Morgan fingerprint density at radius 1 is 1.34 bits per heavy atom. The van der Waals surface area contributed by atoms with Crippen LogP contribution in [0.5, 0.6) is 0 Å². The Morgan fingerprint density at radius 2 is 2.06 bits per heavy atom. The van der Waals surface area contributed by atoms with Gasteiger partial charge in [-0.2, -0.15) is 0 Å². The molecule has 0 saturated carbocycles. The lowest BCUT2D eigenvalue weighted by molar-refractivity contribution is -0.383. The van der Waals surface area contributed by atoms with Crippen LogP contribution in [0.3, 0.4) is 0 Å². The van der Waals surface area contributed by atoms with E-state index in [1.165, 1.54) is 12.6 Å². The molecular formula is C21H30N6O5. The van der Waals surface area contributed by atoms with Crippen LogP contribution in [-0.4, -0.2) is 72.1 Å². The molecule has 0 amide bonds. The topological polar surface area (TPSA) is 118 Å². The maximum Gasteiger partial charge on any atom is 0.353 e. The number of piperidine rings is 1. The van der Waals surface area contributed by atoms with Gasteiger partial charge >= 0.3 is 11.7 Å². The van der Waals surface area contributed by atoms with Crippen molar-refractivity contribution < 1.29 is 18.9 Å². The van der Waals surface area contributed by atoms with E-state index in [-0.39, 0.29) is 55.5 Å². The molecule has 174 valence electrons. The number of rotatable bonds is 10. The van der Waals surface area contributed by atoms with Crippen molar-refractivity contribution in [3.8, 4) is 0 Å². The quantitative estimate of drug-likeness (QED) is 0.306. The largest absolute Gasteiger partial charge is 0.467 e. The molecule has 1 fully saturated rings. The molecule has 0 aromatic carbocycles. The van der Waals surface area contributed by atoms with Crippen LogP contribution < -0.4 is 9.80 Å². The Bertz CT molecular complexity index is 898. The van der Waals surface area contributed by atoms with Crippen molar-refractivity contribution in [2.75, 3.05) is 50.1 Å². The van der Waals surface area contributed by atoms with E-state index in [0.29, 0.717) is 5.76 Å². The highest BCUT2D eigenvalue weighted by Gasteiger charge is 2.32. The van der Waals surface area contributed by atoms with Crippen LogP contribution in [0.15, 0.2) is 29.1 Å². The maximum atomic E-state index is 12.2. The van der Waals surface area contributed by atoms with E-state index in [2.05, 4.69) is 21.9 Å². The van der Waals surface area contributed by atoms with Gasteiger partial charge in [0.15, 0.2) is 0 Å². The van der Waals surface area contributed by atoms with Crippen LogP contribution in [0.4, 0.5) is 17.3 Å². The van der Waals surface area contributed by atoms with Gasteiger partial charge in [-0.1, -0.05) is 0 Å². The molecule has 11 heteroatoms. The number of carbonyl (C=O) groups excluding carboxylic acids is 1. The minimum atomic E-state index is -0.449. The summed E-state index contributed by atoms with van der Waals surface area (Å²) >= 11 is 0. The van der Waals surface area contributed by atoms with Gasteiger partial charge in [0.1, 0.15) is 12.1 Å². The smallest absolute Gasteiger partial charge is 0.353 e. The second-order valence-electron chi connectivity index (χ2n) is 7.83. The fraction of sp³-hybridized carbons (Fsp3) is 0.571. The summed E-state index contributed by atoms with van der Waals surface area (Å²) in [5.41, 5.74) is -0.177. The third-order valence-corrected chi connectivity index (χ3v) is 5.65. The maximum absolute atomic E-state index is 12.2. The third-order valence-electron chi connectivity index (χ3n) is 5.65. The van der Waals surface area contributed by atoms with Crippen molar-refractivity contribution in [3.05, 3.63) is 40.6 Å². The number of anilines is 2. The lowest BCUT2D eigenvalue weighted by Gasteiger charge is -2.35. The minimum Gasteiger partial charge on any atom is -0.467 e. The number of aromatic nitrogens is 2. The predicted octanol–water partition coefficient (Wildman–Crippen LogP) is 2.47. The van der Waals surface area contributed by atoms with Gasteiger partial charge in [0.2, 0.25) is 11.6 Å². The van der Waals surface area contributed by atoms with Crippen LogP contribution in [0.25, 0.3) is 0 Å². The Balaban J connectivity index is 1.93. The zero-order valence-corrected chi connectivity index (χ0v) is 18.8. The first kappa shape index (κ1) is 23.5. The van der Waals surface area contributed by atoms with Crippen molar-refractivity contribution >= 4 is 23.3 Å². The summed E-state index contributed by atoms with van der Waals surface area (Å²) in [5, 5.41) is 12.2. The minimum absolute atomic E-state index is 0.0653. The van der Waals surface area contributed by atoms with Crippen LogP contribution >= 0.6 is 0 Å². The standard InChI is InChI=1S/C21H30N6O5/c1-4-31-18(28)9-12-26(14-17-6-5-13-32-17)21-19(27(29)30)20(22-15-23-21)25(3)16-7-10-24(2)11-8-16/h5-6,13,15-16H,4,7-12,14H2,1-3H3. The van der Waals surface area contributed by atoms with E-state index in [9.17, 15) is 14.9 Å². The number of carbonyl (C=O) groups is 1. The van der Waals surface area contributed by atoms with Gasteiger partial charge in [0.05, 0.1) is 30.8 Å². The molecule has 11 nitrogen and oxygen atoms in total. The molecule has 1 saturated heterocycles. The second-order valence-corrected chi connectivity index (χ2v) is 7.83. The summed E-state index contributed by atoms with van der Waals surface area (Å²) in [6.07, 6.45) is 4.72. The van der Waals surface area contributed by atoms with Crippen molar-refractivity contribution in [1.29, 1.82) is 0 Å². The predicted molar refractivity (Wildman–Crippen MR) is 119 cm³/mol.